The van der Waals surface area contributed by atoms with Gasteiger partial charge in [-0.3, -0.25) is 0 Å². The third-order valence-electron chi connectivity index (χ3n) is 3.50. The van der Waals surface area contributed by atoms with E-state index >= 15 is 0 Å². The lowest BCUT2D eigenvalue weighted by atomic mass is 9.98. The Kier molecular flexibility index (Phi) is 3.81. The molecule has 0 aliphatic heterocycles. The third-order valence-corrected chi connectivity index (χ3v) is 5.38. The van der Waals surface area contributed by atoms with Gasteiger partial charge in [0, 0.05) is 17.3 Å². The van der Waals surface area contributed by atoms with Crippen molar-refractivity contribution in [2.45, 2.75) is 31.8 Å². The summed E-state index contributed by atoms with van der Waals surface area (Å²) in [6.07, 6.45) is 3.63. The largest absolute Gasteiger partial charge is 0.345 e. The summed E-state index contributed by atoms with van der Waals surface area (Å²) in [6, 6.07) is 0.432. The van der Waals surface area contributed by atoms with E-state index in [2.05, 4.69) is 27.6 Å². The van der Waals surface area contributed by atoms with Crippen molar-refractivity contribution in [3.8, 4) is 0 Å². The van der Waals surface area contributed by atoms with Crippen molar-refractivity contribution in [3.63, 3.8) is 0 Å². The zero-order valence-electron chi connectivity index (χ0n) is 11.2. The SMILES string of the molecule is CNC1CCCc2sc(N(C)Cc3cscn3)nc21. The summed E-state index contributed by atoms with van der Waals surface area (Å²) in [5.41, 5.74) is 4.26. The maximum atomic E-state index is 4.84. The van der Waals surface area contributed by atoms with Crippen LogP contribution in [0, 0.1) is 0 Å². The van der Waals surface area contributed by atoms with E-state index in [1.807, 2.05) is 23.9 Å². The summed E-state index contributed by atoms with van der Waals surface area (Å²) in [6.45, 7) is 0.833. The second kappa shape index (κ2) is 5.56. The van der Waals surface area contributed by atoms with Crippen molar-refractivity contribution in [1.29, 1.82) is 0 Å². The molecule has 0 aromatic carbocycles. The Morgan fingerprint density at radius 2 is 2.42 bits per heavy atom. The topological polar surface area (TPSA) is 41.0 Å². The highest BCUT2D eigenvalue weighted by molar-refractivity contribution is 7.15. The van der Waals surface area contributed by atoms with E-state index in [4.69, 9.17) is 4.98 Å². The molecule has 2 heterocycles. The summed E-state index contributed by atoms with van der Waals surface area (Å²) in [5.74, 6) is 0. The molecule has 1 unspecified atom stereocenters. The lowest BCUT2D eigenvalue weighted by Gasteiger charge is -2.19. The predicted molar refractivity (Wildman–Crippen MR) is 81.1 cm³/mol. The minimum Gasteiger partial charge on any atom is -0.345 e. The van der Waals surface area contributed by atoms with Crippen LogP contribution >= 0.6 is 22.7 Å². The molecule has 1 N–H and O–H groups in total. The van der Waals surface area contributed by atoms with Crippen LogP contribution in [0.25, 0.3) is 0 Å². The van der Waals surface area contributed by atoms with E-state index in [-0.39, 0.29) is 0 Å². The average molecular weight is 294 g/mol. The molecule has 0 spiro atoms. The van der Waals surface area contributed by atoms with E-state index in [1.165, 1.54) is 29.8 Å². The zero-order valence-corrected chi connectivity index (χ0v) is 12.9. The number of hydrogen-bond acceptors (Lipinski definition) is 6. The van der Waals surface area contributed by atoms with Gasteiger partial charge in [0.05, 0.1) is 29.5 Å². The number of nitrogens with zero attached hydrogens (tertiary/aromatic N) is 3. The Labute approximate surface area is 121 Å². The first-order valence-electron chi connectivity index (χ1n) is 6.53. The Balaban J connectivity index is 1.80. The summed E-state index contributed by atoms with van der Waals surface area (Å²) in [5, 5.41) is 6.58. The Bertz CT molecular complexity index is 535. The van der Waals surface area contributed by atoms with Crippen LogP contribution in [0.3, 0.4) is 0 Å². The second-order valence-electron chi connectivity index (χ2n) is 4.87. The predicted octanol–water partition coefficient (Wildman–Crippen LogP) is 2.83. The minimum absolute atomic E-state index is 0.432. The summed E-state index contributed by atoms with van der Waals surface area (Å²) < 4.78 is 0. The van der Waals surface area contributed by atoms with Crippen LogP contribution in [0.4, 0.5) is 5.13 Å². The van der Waals surface area contributed by atoms with E-state index in [0.29, 0.717) is 6.04 Å². The number of rotatable bonds is 4. The van der Waals surface area contributed by atoms with Gasteiger partial charge in [-0.25, -0.2) is 9.97 Å². The van der Waals surface area contributed by atoms with Crippen molar-refractivity contribution in [1.82, 2.24) is 15.3 Å². The van der Waals surface area contributed by atoms with Crippen LogP contribution < -0.4 is 10.2 Å². The molecule has 0 bridgehead atoms. The van der Waals surface area contributed by atoms with Gasteiger partial charge in [-0.2, -0.15) is 0 Å². The molecule has 2 aromatic heterocycles. The van der Waals surface area contributed by atoms with E-state index in [0.717, 1.165) is 17.4 Å². The molecule has 0 fully saturated rings. The number of fused-ring (bicyclic) bond motifs is 1. The molecular formula is C13H18N4S2. The molecule has 3 rings (SSSR count). The molecule has 1 atom stereocenters. The Morgan fingerprint density at radius 1 is 1.53 bits per heavy atom. The molecule has 1 aliphatic carbocycles. The average Bonchev–Trinajstić information content (AvgIpc) is 3.06. The number of nitrogens with one attached hydrogen (secondary N) is 1. The number of thiazole rings is 2. The van der Waals surface area contributed by atoms with E-state index in [9.17, 15) is 0 Å². The van der Waals surface area contributed by atoms with Gasteiger partial charge in [0.25, 0.3) is 0 Å². The minimum atomic E-state index is 0.432. The molecule has 0 saturated carbocycles. The summed E-state index contributed by atoms with van der Waals surface area (Å²) in [7, 11) is 4.12. The van der Waals surface area contributed by atoms with E-state index < -0.39 is 0 Å². The van der Waals surface area contributed by atoms with Crippen molar-refractivity contribution < 1.29 is 0 Å². The first-order valence-corrected chi connectivity index (χ1v) is 8.29. The van der Waals surface area contributed by atoms with Gasteiger partial charge in [0.15, 0.2) is 5.13 Å². The molecule has 0 radical (unpaired) electrons. The molecule has 6 heteroatoms. The van der Waals surface area contributed by atoms with Crippen molar-refractivity contribution in [2.75, 3.05) is 19.0 Å². The normalized spacial score (nSPS) is 18.3. The summed E-state index contributed by atoms with van der Waals surface area (Å²) >= 11 is 3.48. The first kappa shape index (κ1) is 13.0. The standard InChI is InChI=1S/C13H18N4S2/c1-14-10-4-3-5-11-12(10)16-13(19-11)17(2)6-9-7-18-8-15-9/h7-8,10,14H,3-6H2,1-2H3. The van der Waals surface area contributed by atoms with Crippen LogP contribution in [-0.4, -0.2) is 24.1 Å². The molecule has 2 aromatic rings. The van der Waals surface area contributed by atoms with Gasteiger partial charge in [-0.1, -0.05) is 0 Å². The summed E-state index contributed by atoms with van der Waals surface area (Å²) in [4.78, 5) is 12.8. The monoisotopic (exact) mass is 294 g/mol. The zero-order chi connectivity index (χ0) is 13.2. The van der Waals surface area contributed by atoms with Crippen molar-refractivity contribution in [3.05, 3.63) is 27.2 Å². The highest BCUT2D eigenvalue weighted by Gasteiger charge is 2.24. The fourth-order valence-corrected chi connectivity index (χ4v) is 4.15. The third kappa shape index (κ3) is 2.66. The first-order chi connectivity index (χ1) is 9.28. The maximum Gasteiger partial charge on any atom is 0.185 e. The van der Waals surface area contributed by atoms with Gasteiger partial charge in [0.2, 0.25) is 0 Å². The molecule has 1 aliphatic rings. The smallest absolute Gasteiger partial charge is 0.185 e. The fraction of sp³-hybridized carbons (Fsp3) is 0.538. The van der Waals surface area contributed by atoms with Crippen LogP contribution in [0.15, 0.2) is 10.9 Å². The van der Waals surface area contributed by atoms with Crippen LogP contribution in [0.2, 0.25) is 0 Å². The quantitative estimate of drug-likeness (QED) is 0.941. The van der Waals surface area contributed by atoms with Crippen molar-refractivity contribution >= 4 is 27.8 Å². The highest BCUT2D eigenvalue weighted by atomic mass is 32.1. The highest BCUT2D eigenvalue weighted by Crippen LogP contribution is 2.36. The fourth-order valence-electron chi connectivity index (χ4n) is 2.48. The lowest BCUT2D eigenvalue weighted by molar-refractivity contribution is 0.490. The molecule has 0 amide bonds. The van der Waals surface area contributed by atoms with Crippen LogP contribution in [-0.2, 0) is 13.0 Å². The van der Waals surface area contributed by atoms with Crippen LogP contribution in [0.1, 0.15) is 35.1 Å². The van der Waals surface area contributed by atoms with Gasteiger partial charge in [0.1, 0.15) is 0 Å². The van der Waals surface area contributed by atoms with Gasteiger partial charge in [-0.05, 0) is 26.3 Å². The number of anilines is 1. The molecule has 4 nitrogen and oxygen atoms in total. The van der Waals surface area contributed by atoms with Gasteiger partial charge < -0.3 is 10.2 Å². The number of aromatic nitrogens is 2. The van der Waals surface area contributed by atoms with Gasteiger partial charge >= 0.3 is 0 Å². The molecule has 102 valence electrons. The lowest BCUT2D eigenvalue weighted by Crippen LogP contribution is -2.21. The molecule has 0 saturated heterocycles. The second-order valence-corrected chi connectivity index (χ2v) is 6.65. The van der Waals surface area contributed by atoms with E-state index in [1.54, 1.807) is 11.3 Å². The van der Waals surface area contributed by atoms with Gasteiger partial charge in [-0.15, -0.1) is 22.7 Å². The Morgan fingerprint density at radius 3 is 3.16 bits per heavy atom. The Hall–Kier alpha value is -0.980. The molecular weight excluding hydrogens is 276 g/mol. The number of hydrogen-bond donors (Lipinski definition) is 1. The maximum absolute atomic E-state index is 4.84. The van der Waals surface area contributed by atoms with Crippen LogP contribution in [0.5, 0.6) is 0 Å². The molecule has 19 heavy (non-hydrogen) atoms. The van der Waals surface area contributed by atoms with Crippen molar-refractivity contribution in [2.24, 2.45) is 0 Å². The number of aryl methyl sites for hydroxylation is 1.